The zero-order chi connectivity index (χ0) is 30.6. The number of piperazine rings is 1. The Balaban J connectivity index is 1.21. The fourth-order valence-electron chi connectivity index (χ4n) is 4.97. The van der Waals surface area contributed by atoms with Crippen LogP contribution in [0.4, 0.5) is 15.0 Å². The lowest BCUT2D eigenvalue weighted by Crippen LogP contribution is -2.50. The Morgan fingerprint density at radius 1 is 1.12 bits per heavy atom. The molecule has 0 unspecified atom stereocenters. The fraction of sp³-hybridized carbons (Fsp3) is 0.419. The molecule has 2 amide bonds. The van der Waals surface area contributed by atoms with Gasteiger partial charge in [0.1, 0.15) is 18.0 Å². The van der Waals surface area contributed by atoms with Gasteiger partial charge >= 0.3 is 6.09 Å². The molecule has 12 heteroatoms. The number of ether oxygens (including phenoxy) is 2. The van der Waals surface area contributed by atoms with E-state index in [4.69, 9.17) is 21.1 Å². The number of fused-ring (bicyclic) bond motifs is 1. The number of hydrogen-bond acceptors (Lipinski definition) is 8. The van der Waals surface area contributed by atoms with Gasteiger partial charge in [-0.25, -0.2) is 14.2 Å². The van der Waals surface area contributed by atoms with Crippen LogP contribution in [0.3, 0.4) is 0 Å². The Bertz CT molecular complexity index is 1490. The summed E-state index contributed by atoms with van der Waals surface area (Å²) in [5.41, 5.74) is 1.81. The first-order chi connectivity index (χ1) is 20.6. The molecular formula is C31H36ClFN6O4. The average molecular weight is 611 g/mol. The molecule has 3 aromatic rings. The monoisotopic (exact) mass is 610 g/mol. The highest BCUT2D eigenvalue weighted by Gasteiger charge is 2.26. The molecule has 2 aliphatic rings. The standard InChI is InChI=1S/C31H36ClFN6O4/c1-31(2,3)43-30(41)39-12-10-38(11-13-39)9-4-7-36-29(40)21-15-20(18-34-19-21)23-17-26(24-16-22(32)5-6-25(24)33)37-28-27(23)42-14-8-35-28/h5-6,15-19H,4,7-14H2,1-3H3,(H,35,37)(H,36,40). The third-order valence-electron chi connectivity index (χ3n) is 7.09. The zero-order valence-corrected chi connectivity index (χ0v) is 25.3. The van der Waals surface area contributed by atoms with E-state index < -0.39 is 11.4 Å². The van der Waals surface area contributed by atoms with Crippen LogP contribution in [0.2, 0.25) is 5.02 Å². The minimum Gasteiger partial charge on any atom is -0.487 e. The maximum absolute atomic E-state index is 14.7. The first-order valence-electron chi connectivity index (χ1n) is 14.4. The lowest BCUT2D eigenvalue weighted by Gasteiger charge is -2.35. The number of pyridine rings is 2. The molecular weight excluding hydrogens is 575 g/mol. The van der Waals surface area contributed by atoms with E-state index in [9.17, 15) is 14.0 Å². The summed E-state index contributed by atoms with van der Waals surface area (Å²) in [6, 6.07) is 7.78. The second kappa shape index (κ2) is 13.1. The van der Waals surface area contributed by atoms with E-state index in [-0.39, 0.29) is 17.6 Å². The van der Waals surface area contributed by atoms with Gasteiger partial charge in [-0.05, 0) is 64.1 Å². The largest absolute Gasteiger partial charge is 0.487 e. The highest BCUT2D eigenvalue weighted by atomic mass is 35.5. The molecule has 1 aromatic carbocycles. The number of carbonyl (C=O) groups is 2. The van der Waals surface area contributed by atoms with Crippen LogP contribution >= 0.6 is 11.6 Å². The maximum atomic E-state index is 14.7. The molecule has 1 fully saturated rings. The predicted molar refractivity (Wildman–Crippen MR) is 163 cm³/mol. The first-order valence-corrected chi connectivity index (χ1v) is 14.8. The predicted octanol–water partition coefficient (Wildman–Crippen LogP) is 5.08. The molecule has 0 saturated carbocycles. The SMILES string of the molecule is CC(C)(C)OC(=O)N1CCN(CCCNC(=O)c2cncc(-c3cc(-c4cc(Cl)ccc4F)nc4c3OCCN4)c2)CC1. The molecule has 0 aliphatic carbocycles. The van der Waals surface area contributed by atoms with E-state index in [1.807, 2.05) is 20.8 Å². The Morgan fingerprint density at radius 2 is 1.91 bits per heavy atom. The number of benzene rings is 1. The molecule has 2 aliphatic heterocycles. The number of nitrogens with zero attached hydrogens (tertiary/aromatic N) is 4. The quantitative estimate of drug-likeness (QED) is 0.357. The van der Waals surface area contributed by atoms with Crippen molar-refractivity contribution < 1.29 is 23.5 Å². The van der Waals surface area contributed by atoms with Gasteiger partial charge in [-0.3, -0.25) is 14.7 Å². The summed E-state index contributed by atoms with van der Waals surface area (Å²) < 4.78 is 26.1. The van der Waals surface area contributed by atoms with Gasteiger partial charge in [-0.2, -0.15) is 0 Å². The first kappa shape index (κ1) is 30.5. The second-order valence-electron chi connectivity index (χ2n) is 11.5. The van der Waals surface area contributed by atoms with Crippen molar-refractivity contribution in [2.24, 2.45) is 0 Å². The third-order valence-corrected chi connectivity index (χ3v) is 7.33. The number of anilines is 1. The van der Waals surface area contributed by atoms with E-state index in [0.717, 1.165) is 26.1 Å². The van der Waals surface area contributed by atoms with Gasteiger partial charge in [-0.15, -0.1) is 0 Å². The number of carbonyl (C=O) groups excluding carboxylic acids is 2. The minimum atomic E-state index is -0.510. The van der Waals surface area contributed by atoms with Crippen LogP contribution < -0.4 is 15.4 Å². The maximum Gasteiger partial charge on any atom is 0.410 e. The van der Waals surface area contributed by atoms with E-state index in [1.165, 1.54) is 24.4 Å². The molecule has 0 bridgehead atoms. The molecule has 5 rings (SSSR count). The van der Waals surface area contributed by atoms with Crippen LogP contribution in [-0.4, -0.2) is 89.8 Å². The number of hydrogen-bond donors (Lipinski definition) is 2. The van der Waals surface area contributed by atoms with Crippen molar-refractivity contribution in [2.75, 3.05) is 57.7 Å². The van der Waals surface area contributed by atoms with Gasteiger partial charge in [0.25, 0.3) is 5.91 Å². The second-order valence-corrected chi connectivity index (χ2v) is 11.9. The van der Waals surface area contributed by atoms with Crippen LogP contribution in [0, 0.1) is 5.82 Å². The van der Waals surface area contributed by atoms with E-state index in [1.54, 1.807) is 23.2 Å². The van der Waals surface area contributed by atoms with Crippen LogP contribution in [0.15, 0.2) is 42.7 Å². The average Bonchev–Trinajstić information content (AvgIpc) is 2.99. The summed E-state index contributed by atoms with van der Waals surface area (Å²) in [5.74, 6) is 0.311. The zero-order valence-electron chi connectivity index (χ0n) is 24.6. The summed E-state index contributed by atoms with van der Waals surface area (Å²) in [4.78, 5) is 38.2. The van der Waals surface area contributed by atoms with Crippen LogP contribution in [0.25, 0.3) is 22.4 Å². The highest BCUT2D eigenvalue weighted by Crippen LogP contribution is 2.40. The molecule has 10 nitrogen and oxygen atoms in total. The summed E-state index contributed by atoms with van der Waals surface area (Å²) in [7, 11) is 0. The van der Waals surface area contributed by atoms with Crippen LogP contribution in [0.5, 0.6) is 5.75 Å². The van der Waals surface area contributed by atoms with Gasteiger partial charge in [0.2, 0.25) is 0 Å². The van der Waals surface area contributed by atoms with Crippen LogP contribution in [-0.2, 0) is 4.74 Å². The van der Waals surface area contributed by atoms with Crippen molar-refractivity contribution in [2.45, 2.75) is 32.8 Å². The smallest absolute Gasteiger partial charge is 0.410 e. The lowest BCUT2D eigenvalue weighted by molar-refractivity contribution is 0.0144. The van der Waals surface area contributed by atoms with Crippen LogP contribution in [0.1, 0.15) is 37.6 Å². The van der Waals surface area contributed by atoms with Crippen molar-refractivity contribution in [1.29, 1.82) is 0 Å². The summed E-state index contributed by atoms with van der Waals surface area (Å²) in [6.45, 7) is 10.6. The number of halogens is 2. The number of aromatic nitrogens is 2. The number of nitrogens with one attached hydrogen (secondary N) is 2. The third kappa shape index (κ3) is 7.71. The van der Waals surface area contributed by atoms with Gasteiger partial charge in [0.15, 0.2) is 11.6 Å². The molecule has 0 atom stereocenters. The molecule has 2 N–H and O–H groups in total. The summed E-state index contributed by atoms with van der Waals surface area (Å²) in [6.07, 6.45) is 3.63. The van der Waals surface area contributed by atoms with E-state index in [0.29, 0.717) is 71.8 Å². The van der Waals surface area contributed by atoms with E-state index in [2.05, 4.69) is 25.5 Å². The Hall–Kier alpha value is -3.96. The van der Waals surface area contributed by atoms with Crippen molar-refractivity contribution >= 4 is 29.4 Å². The fourth-order valence-corrected chi connectivity index (χ4v) is 5.14. The summed E-state index contributed by atoms with van der Waals surface area (Å²) in [5, 5.41) is 6.58. The molecule has 43 heavy (non-hydrogen) atoms. The number of amides is 2. The van der Waals surface area contributed by atoms with Crippen molar-refractivity contribution in [1.82, 2.24) is 25.1 Å². The number of rotatable bonds is 7. The Kier molecular flexibility index (Phi) is 9.31. The lowest BCUT2D eigenvalue weighted by atomic mass is 10.0. The van der Waals surface area contributed by atoms with Gasteiger partial charge in [-0.1, -0.05) is 11.6 Å². The molecule has 0 radical (unpaired) electrons. The molecule has 2 aromatic heterocycles. The highest BCUT2D eigenvalue weighted by molar-refractivity contribution is 6.30. The Labute approximate surface area is 255 Å². The van der Waals surface area contributed by atoms with Gasteiger partial charge in [0.05, 0.1) is 17.8 Å². The summed E-state index contributed by atoms with van der Waals surface area (Å²) >= 11 is 6.14. The minimum absolute atomic E-state index is 0.243. The Morgan fingerprint density at radius 3 is 2.67 bits per heavy atom. The van der Waals surface area contributed by atoms with Crippen molar-refractivity contribution in [3.8, 4) is 28.1 Å². The van der Waals surface area contributed by atoms with Gasteiger partial charge < -0.3 is 25.0 Å². The van der Waals surface area contributed by atoms with Crippen molar-refractivity contribution in [3.63, 3.8) is 0 Å². The normalized spacial score (nSPS) is 15.2. The van der Waals surface area contributed by atoms with E-state index >= 15 is 0 Å². The van der Waals surface area contributed by atoms with Gasteiger partial charge in [0, 0.05) is 66.8 Å². The van der Waals surface area contributed by atoms with Crippen molar-refractivity contribution in [3.05, 3.63) is 59.1 Å². The molecule has 0 spiro atoms. The molecule has 4 heterocycles. The molecule has 1 saturated heterocycles. The molecule has 228 valence electrons. The topological polar surface area (TPSA) is 109 Å².